The number of halogens is 5. The van der Waals surface area contributed by atoms with E-state index in [2.05, 4.69) is 10.4 Å². The minimum Gasteiger partial charge on any atom is -0.478 e. The Bertz CT molecular complexity index is 1880. The summed E-state index contributed by atoms with van der Waals surface area (Å²) in [6.45, 7) is 0.231. The lowest BCUT2D eigenvalue weighted by Gasteiger charge is -2.20. The first kappa shape index (κ1) is 28.8. The highest BCUT2D eigenvalue weighted by Crippen LogP contribution is 2.46. The van der Waals surface area contributed by atoms with Crippen molar-refractivity contribution in [1.82, 2.24) is 15.1 Å². The van der Waals surface area contributed by atoms with Gasteiger partial charge in [0.05, 0.1) is 40.5 Å². The maximum Gasteiger partial charge on any atom is 0.416 e. The van der Waals surface area contributed by atoms with E-state index in [0.29, 0.717) is 44.9 Å². The highest BCUT2D eigenvalue weighted by atomic mass is 35.5. The molecule has 6 nitrogen and oxygen atoms in total. The van der Waals surface area contributed by atoms with Crippen LogP contribution in [0.2, 0.25) is 10.0 Å². The number of rotatable bonds is 7. The Kier molecular flexibility index (Phi) is 7.18. The van der Waals surface area contributed by atoms with E-state index in [9.17, 15) is 27.9 Å². The van der Waals surface area contributed by atoms with Crippen molar-refractivity contribution in [3.63, 3.8) is 0 Å². The second-order valence-electron chi connectivity index (χ2n) is 10.5. The number of nitrogens with zero attached hydrogens (tertiary/aromatic N) is 2. The number of carboxylic acids is 1. The average molecular weight is 624 g/mol. The summed E-state index contributed by atoms with van der Waals surface area (Å²) in [5, 5.41) is 18.3. The summed E-state index contributed by atoms with van der Waals surface area (Å²) in [6.07, 6.45) is -1.69. The third-order valence-corrected chi connectivity index (χ3v) is 7.98. The minimum absolute atomic E-state index is 0.131. The SMILES string of the molecule is O=C(O)c1ccc(C2(NC(=O)c3cc(-c4cccc(C(F)(F)F)c4)cc4cnn(Cc5cc(Cl)cc(Cl)c5)c34)CC2)cc1. The van der Waals surface area contributed by atoms with E-state index in [-0.39, 0.29) is 17.7 Å². The molecule has 0 saturated heterocycles. The Morgan fingerprint density at radius 3 is 2.26 bits per heavy atom. The van der Waals surface area contributed by atoms with Gasteiger partial charge in [-0.25, -0.2) is 4.79 Å². The number of amides is 1. The molecule has 1 fully saturated rings. The van der Waals surface area contributed by atoms with Crippen LogP contribution in [0.15, 0.2) is 85.1 Å². The van der Waals surface area contributed by atoms with E-state index in [1.54, 1.807) is 59.4 Å². The zero-order valence-corrected chi connectivity index (χ0v) is 23.8. The Morgan fingerprint density at radius 2 is 1.63 bits per heavy atom. The van der Waals surface area contributed by atoms with Crippen LogP contribution in [0.25, 0.3) is 22.0 Å². The van der Waals surface area contributed by atoms with Gasteiger partial charge < -0.3 is 10.4 Å². The minimum atomic E-state index is -4.53. The molecule has 0 atom stereocenters. The summed E-state index contributed by atoms with van der Waals surface area (Å²) in [4.78, 5) is 25.3. The van der Waals surface area contributed by atoms with Gasteiger partial charge in [0.15, 0.2) is 0 Å². The van der Waals surface area contributed by atoms with Crippen molar-refractivity contribution < 1.29 is 27.9 Å². The molecule has 6 rings (SSSR count). The zero-order valence-electron chi connectivity index (χ0n) is 22.3. The molecule has 1 heterocycles. The zero-order chi connectivity index (χ0) is 30.5. The van der Waals surface area contributed by atoms with E-state index in [0.717, 1.165) is 23.3 Å². The third-order valence-electron chi connectivity index (χ3n) is 7.54. The number of hydrogen-bond donors (Lipinski definition) is 2. The van der Waals surface area contributed by atoms with Gasteiger partial charge in [0.1, 0.15) is 0 Å². The van der Waals surface area contributed by atoms with Gasteiger partial charge in [0.25, 0.3) is 5.91 Å². The molecule has 1 aliphatic carbocycles. The number of benzene rings is 4. The molecule has 0 unspecified atom stereocenters. The fourth-order valence-corrected chi connectivity index (χ4v) is 5.84. The maximum absolute atomic E-state index is 14.0. The van der Waals surface area contributed by atoms with E-state index in [1.165, 1.54) is 18.2 Å². The number of aromatic carboxylic acids is 1. The van der Waals surface area contributed by atoms with Gasteiger partial charge in [-0.2, -0.15) is 18.3 Å². The Hall–Kier alpha value is -4.34. The normalized spacial score (nSPS) is 14.1. The molecule has 5 aromatic rings. The summed E-state index contributed by atoms with van der Waals surface area (Å²) in [6, 6.07) is 19.6. The molecular formula is C32H22Cl2F3N3O3. The van der Waals surface area contributed by atoms with E-state index < -0.39 is 29.2 Å². The molecule has 2 N–H and O–H groups in total. The summed E-state index contributed by atoms with van der Waals surface area (Å²) < 4.78 is 42.1. The van der Waals surface area contributed by atoms with Crippen molar-refractivity contribution in [2.24, 2.45) is 0 Å². The third kappa shape index (κ3) is 5.83. The predicted molar refractivity (Wildman–Crippen MR) is 158 cm³/mol. The molecule has 4 aromatic carbocycles. The van der Waals surface area contributed by atoms with Crippen molar-refractivity contribution in [3.05, 3.63) is 123 Å². The number of alkyl halides is 3. The van der Waals surface area contributed by atoms with Gasteiger partial charge in [0.2, 0.25) is 0 Å². The summed E-state index contributed by atoms with van der Waals surface area (Å²) >= 11 is 12.4. The van der Waals surface area contributed by atoms with Crippen molar-refractivity contribution in [3.8, 4) is 11.1 Å². The van der Waals surface area contributed by atoms with Crippen LogP contribution < -0.4 is 5.32 Å². The van der Waals surface area contributed by atoms with E-state index in [4.69, 9.17) is 23.2 Å². The lowest BCUT2D eigenvalue weighted by atomic mass is 9.97. The first-order valence-electron chi connectivity index (χ1n) is 13.2. The number of carbonyl (C=O) groups is 2. The molecular weight excluding hydrogens is 602 g/mol. The van der Waals surface area contributed by atoms with Gasteiger partial charge in [-0.1, -0.05) is 47.5 Å². The molecule has 43 heavy (non-hydrogen) atoms. The molecule has 1 aromatic heterocycles. The van der Waals surface area contributed by atoms with Crippen LogP contribution in [-0.2, 0) is 18.3 Å². The Morgan fingerprint density at radius 1 is 0.930 bits per heavy atom. The average Bonchev–Trinajstić information content (AvgIpc) is 3.63. The fraction of sp³-hybridized carbons (Fsp3) is 0.156. The van der Waals surface area contributed by atoms with Gasteiger partial charge >= 0.3 is 12.1 Å². The summed E-state index contributed by atoms with van der Waals surface area (Å²) in [7, 11) is 0. The topological polar surface area (TPSA) is 84.2 Å². The molecule has 1 saturated carbocycles. The first-order chi connectivity index (χ1) is 20.4. The molecule has 0 spiro atoms. The molecule has 1 aliphatic rings. The number of nitrogens with one attached hydrogen (secondary N) is 1. The van der Waals surface area contributed by atoms with Gasteiger partial charge in [-0.05, 0) is 89.7 Å². The Labute approximate surface area is 253 Å². The van der Waals surface area contributed by atoms with Gasteiger partial charge in [-0.3, -0.25) is 9.48 Å². The lowest BCUT2D eigenvalue weighted by molar-refractivity contribution is -0.137. The van der Waals surface area contributed by atoms with Crippen LogP contribution in [-0.4, -0.2) is 26.8 Å². The lowest BCUT2D eigenvalue weighted by Crippen LogP contribution is -2.35. The number of carboxylic acid groups (broad SMARTS) is 1. The van der Waals surface area contributed by atoms with Crippen LogP contribution in [0, 0.1) is 0 Å². The highest BCUT2D eigenvalue weighted by molar-refractivity contribution is 6.34. The van der Waals surface area contributed by atoms with Crippen LogP contribution in [0.1, 0.15) is 50.2 Å². The van der Waals surface area contributed by atoms with Crippen LogP contribution in [0.4, 0.5) is 13.2 Å². The summed E-state index contributed by atoms with van der Waals surface area (Å²) in [5.74, 6) is -1.49. The Balaban J connectivity index is 1.44. The van der Waals surface area contributed by atoms with Crippen molar-refractivity contribution >= 4 is 46.0 Å². The van der Waals surface area contributed by atoms with Crippen LogP contribution in [0.5, 0.6) is 0 Å². The number of carbonyl (C=O) groups excluding carboxylic acids is 1. The van der Waals surface area contributed by atoms with Crippen molar-refractivity contribution in [2.45, 2.75) is 31.1 Å². The quantitative estimate of drug-likeness (QED) is 0.191. The van der Waals surface area contributed by atoms with Crippen LogP contribution >= 0.6 is 23.2 Å². The highest BCUT2D eigenvalue weighted by Gasteiger charge is 2.46. The van der Waals surface area contributed by atoms with E-state index in [1.807, 2.05) is 0 Å². The molecule has 218 valence electrons. The second kappa shape index (κ2) is 10.7. The molecule has 11 heteroatoms. The van der Waals surface area contributed by atoms with Crippen LogP contribution in [0.3, 0.4) is 0 Å². The standard InChI is InChI=1S/C32H22Cl2F3N3O3/c33-25-10-18(11-26(34)15-25)17-40-28-22(16-38-40)12-21(20-2-1-3-24(13-20)32(35,36)37)14-27(28)29(41)39-31(8-9-31)23-6-4-19(5-7-23)30(42)43/h1-7,10-16H,8-9,17H2,(H,39,41)(H,42,43). The molecule has 0 bridgehead atoms. The van der Waals surface area contributed by atoms with E-state index >= 15 is 0 Å². The predicted octanol–water partition coefficient (Wildman–Crippen LogP) is 8.19. The number of hydrogen-bond acceptors (Lipinski definition) is 3. The summed E-state index contributed by atoms with van der Waals surface area (Å²) in [5.41, 5.74) is 1.57. The number of aromatic nitrogens is 2. The van der Waals surface area contributed by atoms with Crippen molar-refractivity contribution in [1.29, 1.82) is 0 Å². The molecule has 0 aliphatic heterocycles. The van der Waals surface area contributed by atoms with Crippen molar-refractivity contribution in [2.75, 3.05) is 0 Å². The number of fused-ring (bicyclic) bond motifs is 1. The second-order valence-corrected chi connectivity index (χ2v) is 11.4. The monoisotopic (exact) mass is 623 g/mol. The smallest absolute Gasteiger partial charge is 0.416 e. The largest absolute Gasteiger partial charge is 0.478 e. The molecule has 1 amide bonds. The fourth-order valence-electron chi connectivity index (χ4n) is 5.27. The maximum atomic E-state index is 14.0. The first-order valence-corrected chi connectivity index (χ1v) is 14.0. The van der Waals surface area contributed by atoms with Gasteiger partial charge in [0, 0.05) is 15.4 Å². The van der Waals surface area contributed by atoms with Gasteiger partial charge in [-0.15, -0.1) is 0 Å². The molecule has 0 radical (unpaired) electrons.